The number of carbonyl (C=O) groups is 2. The molecule has 1 N–H and O–H groups in total. The summed E-state index contributed by atoms with van der Waals surface area (Å²) in [4.78, 5) is 27.2. The number of hydrogen-bond acceptors (Lipinski definition) is 2. The van der Waals surface area contributed by atoms with Crippen LogP contribution in [0.25, 0.3) is 0 Å². The van der Waals surface area contributed by atoms with Crippen molar-refractivity contribution in [2.75, 3.05) is 0 Å². The van der Waals surface area contributed by atoms with Crippen LogP contribution in [0.1, 0.15) is 30.9 Å². The van der Waals surface area contributed by atoms with E-state index in [9.17, 15) is 9.59 Å². The van der Waals surface area contributed by atoms with Crippen molar-refractivity contribution >= 4 is 23.4 Å². The van der Waals surface area contributed by atoms with Crippen molar-refractivity contribution in [3.63, 3.8) is 0 Å². The average molecular weight is 357 g/mol. The minimum absolute atomic E-state index is 0.0905. The van der Waals surface area contributed by atoms with Gasteiger partial charge in [0, 0.05) is 17.5 Å². The molecule has 3 unspecified atom stereocenters. The fourth-order valence-corrected chi connectivity index (χ4v) is 3.51. The second-order valence-electron chi connectivity index (χ2n) is 6.43. The molecule has 3 atom stereocenters. The second-order valence-corrected chi connectivity index (χ2v) is 6.84. The van der Waals surface area contributed by atoms with E-state index in [1.54, 1.807) is 17.9 Å². The fraction of sp³-hybridized carbons (Fsp3) is 0.300. The molecule has 2 aromatic rings. The molecule has 0 aromatic heterocycles. The molecule has 1 aliphatic rings. The number of amides is 2. The van der Waals surface area contributed by atoms with Gasteiger partial charge in [0.1, 0.15) is 12.1 Å². The average Bonchev–Trinajstić information content (AvgIpc) is 2.61. The highest BCUT2D eigenvalue weighted by atomic mass is 35.5. The summed E-state index contributed by atoms with van der Waals surface area (Å²) in [7, 11) is 0. The molecule has 4 nitrogen and oxygen atoms in total. The third-order valence-corrected chi connectivity index (χ3v) is 5.08. The summed E-state index contributed by atoms with van der Waals surface area (Å²) in [5, 5.41) is 3.39. The maximum Gasteiger partial charge on any atom is 0.245 e. The molecule has 1 saturated heterocycles. The van der Waals surface area contributed by atoms with E-state index < -0.39 is 12.1 Å². The molecule has 1 fully saturated rings. The van der Waals surface area contributed by atoms with Gasteiger partial charge in [0.25, 0.3) is 0 Å². The van der Waals surface area contributed by atoms with Crippen molar-refractivity contribution in [2.24, 2.45) is 0 Å². The van der Waals surface area contributed by atoms with E-state index in [2.05, 4.69) is 5.32 Å². The number of nitrogens with one attached hydrogen (secondary N) is 1. The monoisotopic (exact) mass is 356 g/mol. The van der Waals surface area contributed by atoms with E-state index in [1.807, 2.05) is 55.5 Å². The van der Waals surface area contributed by atoms with Crippen LogP contribution >= 0.6 is 11.6 Å². The summed E-state index contributed by atoms with van der Waals surface area (Å²) in [6.07, 6.45) is 0. The molecule has 3 rings (SSSR count). The highest BCUT2D eigenvalue weighted by Crippen LogP contribution is 2.29. The predicted octanol–water partition coefficient (Wildman–Crippen LogP) is 3.36. The van der Waals surface area contributed by atoms with Crippen molar-refractivity contribution < 1.29 is 9.59 Å². The first kappa shape index (κ1) is 17.5. The molecule has 2 amide bonds. The van der Waals surface area contributed by atoms with Crippen molar-refractivity contribution in [3.8, 4) is 0 Å². The largest absolute Gasteiger partial charge is 0.343 e. The Bertz CT molecular complexity index is 778. The quantitative estimate of drug-likeness (QED) is 0.913. The van der Waals surface area contributed by atoms with Gasteiger partial charge in [-0.3, -0.25) is 9.59 Å². The van der Waals surface area contributed by atoms with Crippen LogP contribution in [0.4, 0.5) is 0 Å². The van der Waals surface area contributed by atoms with E-state index in [1.165, 1.54) is 0 Å². The summed E-state index contributed by atoms with van der Waals surface area (Å²) < 4.78 is 0. The van der Waals surface area contributed by atoms with Gasteiger partial charge in [0.2, 0.25) is 11.8 Å². The predicted molar refractivity (Wildman–Crippen MR) is 98.3 cm³/mol. The number of halogens is 1. The van der Waals surface area contributed by atoms with Crippen LogP contribution in [0.5, 0.6) is 0 Å². The molecule has 25 heavy (non-hydrogen) atoms. The third-order valence-electron chi connectivity index (χ3n) is 4.71. The Kier molecular flexibility index (Phi) is 5.09. The molecule has 0 spiro atoms. The van der Waals surface area contributed by atoms with Gasteiger partial charge in [-0.2, -0.15) is 0 Å². The van der Waals surface area contributed by atoms with Crippen molar-refractivity contribution in [3.05, 3.63) is 70.7 Å². The van der Waals surface area contributed by atoms with Gasteiger partial charge >= 0.3 is 0 Å². The normalized spacial score (nSPS) is 21.8. The first-order valence-corrected chi connectivity index (χ1v) is 8.76. The van der Waals surface area contributed by atoms with Crippen molar-refractivity contribution in [2.45, 2.75) is 38.4 Å². The first-order chi connectivity index (χ1) is 12.0. The highest BCUT2D eigenvalue weighted by Gasteiger charge is 2.41. The maximum atomic E-state index is 12.8. The number of carbonyl (C=O) groups excluding carboxylic acids is 2. The lowest BCUT2D eigenvalue weighted by atomic mass is 9.89. The molecular weight excluding hydrogens is 336 g/mol. The van der Waals surface area contributed by atoms with Gasteiger partial charge in [-0.15, -0.1) is 0 Å². The van der Waals surface area contributed by atoms with Crippen LogP contribution < -0.4 is 5.32 Å². The molecule has 2 aromatic carbocycles. The molecular formula is C20H21ClN2O2. The summed E-state index contributed by atoms with van der Waals surface area (Å²) in [5.74, 6) is -0.344. The molecule has 1 heterocycles. The Morgan fingerprint density at radius 1 is 1.08 bits per heavy atom. The summed E-state index contributed by atoms with van der Waals surface area (Å²) in [5.41, 5.74) is 1.86. The molecule has 5 heteroatoms. The zero-order chi connectivity index (χ0) is 18.0. The van der Waals surface area contributed by atoms with Crippen LogP contribution in [-0.2, 0) is 16.1 Å². The van der Waals surface area contributed by atoms with E-state index in [4.69, 9.17) is 11.6 Å². The van der Waals surface area contributed by atoms with Gasteiger partial charge < -0.3 is 10.2 Å². The lowest BCUT2D eigenvalue weighted by Crippen LogP contribution is -2.63. The minimum Gasteiger partial charge on any atom is -0.343 e. The number of benzene rings is 2. The van der Waals surface area contributed by atoms with Crippen LogP contribution in [0.2, 0.25) is 5.02 Å². The molecule has 0 saturated carbocycles. The van der Waals surface area contributed by atoms with Crippen LogP contribution in [0.3, 0.4) is 0 Å². The maximum absolute atomic E-state index is 12.8. The molecule has 0 bridgehead atoms. The topological polar surface area (TPSA) is 49.4 Å². The van der Waals surface area contributed by atoms with Gasteiger partial charge in [-0.1, -0.05) is 67.1 Å². The Morgan fingerprint density at radius 3 is 2.40 bits per heavy atom. The summed E-state index contributed by atoms with van der Waals surface area (Å²) in [6.45, 7) is 4.00. The highest BCUT2D eigenvalue weighted by molar-refractivity contribution is 6.31. The number of rotatable bonds is 4. The number of hydrogen-bond donors (Lipinski definition) is 1. The fourth-order valence-electron chi connectivity index (χ4n) is 3.31. The van der Waals surface area contributed by atoms with E-state index in [0.29, 0.717) is 11.6 Å². The minimum atomic E-state index is -0.567. The summed E-state index contributed by atoms with van der Waals surface area (Å²) in [6, 6.07) is 16.1. The molecule has 1 aliphatic heterocycles. The van der Waals surface area contributed by atoms with Crippen molar-refractivity contribution in [1.82, 2.24) is 10.2 Å². The van der Waals surface area contributed by atoms with E-state index in [-0.39, 0.29) is 17.7 Å². The lowest BCUT2D eigenvalue weighted by Gasteiger charge is -2.41. The van der Waals surface area contributed by atoms with E-state index >= 15 is 0 Å². The van der Waals surface area contributed by atoms with Gasteiger partial charge in [0.05, 0.1) is 0 Å². The smallest absolute Gasteiger partial charge is 0.245 e. The zero-order valence-electron chi connectivity index (χ0n) is 14.3. The Labute approximate surface area is 152 Å². The standard InChI is InChI=1S/C20H21ClN2O2/c1-13(15-8-4-3-5-9-15)18-19(24)22-14(2)20(25)23(18)12-16-10-6-7-11-17(16)21/h3-11,13-14,18H,12H2,1-2H3,(H,22,24). The van der Waals surface area contributed by atoms with Crippen LogP contribution in [0.15, 0.2) is 54.6 Å². The number of piperazine rings is 1. The van der Waals surface area contributed by atoms with Gasteiger partial charge in [0.15, 0.2) is 0 Å². The second kappa shape index (κ2) is 7.28. The molecule has 0 radical (unpaired) electrons. The molecule has 0 aliphatic carbocycles. The van der Waals surface area contributed by atoms with Crippen LogP contribution in [-0.4, -0.2) is 28.8 Å². The molecule has 130 valence electrons. The summed E-state index contributed by atoms with van der Waals surface area (Å²) >= 11 is 6.27. The van der Waals surface area contributed by atoms with Crippen molar-refractivity contribution in [1.29, 1.82) is 0 Å². The first-order valence-electron chi connectivity index (χ1n) is 8.38. The van der Waals surface area contributed by atoms with Crippen LogP contribution in [0, 0.1) is 0 Å². The Hall–Kier alpha value is -2.33. The van der Waals surface area contributed by atoms with Gasteiger partial charge in [-0.25, -0.2) is 0 Å². The van der Waals surface area contributed by atoms with Gasteiger partial charge in [-0.05, 0) is 24.1 Å². The third kappa shape index (κ3) is 3.54. The SMILES string of the molecule is CC1NC(=O)C(C(C)c2ccccc2)N(Cc2ccccc2Cl)C1=O. The van der Waals surface area contributed by atoms with E-state index in [0.717, 1.165) is 11.1 Å². The lowest BCUT2D eigenvalue weighted by molar-refractivity contribution is -0.150. The zero-order valence-corrected chi connectivity index (χ0v) is 15.0. The Balaban J connectivity index is 1.96. The Morgan fingerprint density at radius 2 is 1.72 bits per heavy atom. The number of nitrogens with zero attached hydrogens (tertiary/aromatic N) is 1.